The number of ether oxygens (including phenoxy) is 1. The minimum atomic E-state index is -3.15. The smallest absolute Gasteiger partial charge is 0.214 e. The van der Waals surface area contributed by atoms with Gasteiger partial charge in [-0.05, 0) is 12.8 Å². The van der Waals surface area contributed by atoms with Gasteiger partial charge in [-0.25, -0.2) is 13.1 Å². The number of nitrogens with one attached hydrogen (secondary N) is 1. The molecule has 1 saturated heterocycles. The Morgan fingerprint density at radius 3 is 2.62 bits per heavy atom. The second-order valence-corrected chi connectivity index (χ2v) is 5.04. The van der Waals surface area contributed by atoms with Gasteiger partial charge in [0, 0.05) is 19.8 Å². The van der Waals surface area contributed by atoms with Gasteiger partial charge in [0.2, 0.25) is 10.0 Å². The largest absolute Gasteiger partial charge is 0.381 e. The fourth-order valence-electron chi connectivity index (χ4n) is 1.28. The van der Waals surface area contributed by atoms with Crippen LogP contribution in [-0.4, -0.2) is 33.4 Å². The normalized spacial score (nSPS) is 20.0. The van der Waals surface area contributed by atoms with Crippen molar-refractivity contribution >= 4 is 10.0 Å². The molecule has 0 unspecified atom stereocenters. The lowest BCUT2D eigenvalue weighted by Gasteiger charge is -2.21. The van der Waals surface area contributed by atoms with E-state index in [-0.39, 0.29) is 5.25 Å². The zero-order valence-electron chi connectivity index (χ0n) is 7.53. The molecule has 13 heavy (non-hydrogen) atoms. The topological polar surface area (TPSA) is 55.4 Å². The van der Waals surface area contributed by atoms with Gasteiger partial charge in [0.05, 0.1) is 5.25 Å². The molecule has 1 aliphatic heterocycles. The Balaban J connectivity index is 2.51. The van der Waals surface area contributed by atoms with Crippen molar-refractivity contribution in [2.75, 3.05) is 19.8 Å². The predicted octanol–water partition coefficient (Wildman–Crippen LogP) is 0.271. The first-order valence-electron chi connectivity index (χ1n) is 4.34. The molecule has 0 amide bonds. The highest BCUT2D eigenvalue weighted by Gasteiger charge is 2.26. The highest BCUT2D eigenvalue weighted by atomic mass is 32.2. The quantitative estimate of drug-likeness (QED) is 0.670. The minimum Gasteiger partial charge on any atom is -0.381 e. The molecular formula is C8H15NO3S. The van der Waals surface area contributed by atoms with Crippen LogP contribution in [0, 0.1) is 0 Å². The maximum Gasteiger partial charge on any atom is 0.214 e. The molecule has 0 aromatic rings. The summed E-state index contributed by atoms with van der Waals surface area (Å²) in [5, 5.41) is -0.291. The maximum absolute atomic E-state index is 11.5. The third-order valence-corrected chi connectivity index (χ3v) is 3.95. The van der Waals surface area contributed by atoms with E-state index >= 15 is 0 Å². The summed E-state index contributed by atoms with van der Waals surface area (Å²) >= 11 is 0. The second kappa shape index (κ2) is 4.74. The zero-order valence-corrected chi connectivity index (χ0v) is 8.35. The molecule has 0 aliphatic carbocycles. The molecule has 0 atom stereocenters. The van der Waals surface area contributed by atoms with Gasteiger partial charge in [-0.1, -0.05) is 6.08 Å². The van der Waals surface area contributed by atoms with E-state index in [4.69, 9.17) is 4.74 Å². The van der Waals surface area contributed by atoms with Crippen molar-refractivity contribution < 1.29 is 13.2 Å². The van der Waals surface area contributed by atoms with Gasteiger partial charge in [0.25, 0.3) is 0 Å². The fourth-order valence-corrected chi connectivity index (χ4v) is 2.68. The third-order valence-electron chi connectivity index (χ3n) is 2.04. The van der Waals surface area contributed by atoms with Gasteiger partial charge in [0.15, 0.2) is 0 Å². The number of hydrogen-bond acceptors (Lipinski definition) is 3. The van der Waals surface area contributed by atoms with E-state index in [0.29, 0.717) is 32.6 Å². The Morgan fingerprint density at radius 1 is 1.46 bits per heavy atom. The average molecular weight is 205 g/mol. The maximum atomic E-state index is 11.5. The van der Waals surface area contributed by atoms with Gasteiger partial charge >= 0.3 is 0 Å². The SMILES string of the molecule is C=CCNS(=O)(=O)C1CCOCC1. The summed E-state index contributed by atoms with van der Waals surface area (Å²) < 4.78 is 30.6. The molecule has 1 aliphatic rings. The van der Waals surface area contributed by atoms with Crippen LogP contribution in [0.2, 0.25) is 0 Å². The van der Waals surface area contributed by atoms with Crippen LogP contribution in [0.3, 0.4) is 0 Å². The highest BCUT2D eigenvalue weighted by molar-refractivity contribution is 7.90. The summed E-state index contributed by atoms with van der Waals surface area (Å²) in [6, 6.07) is 0. The first-order valence-corrected chi connectivity index (χ1v) is 5.88. The van der Waals surface area contributed by atoms with Crippen molar-refractivity contribution in [1.29, 1.82) is 0 Å². The molecule has 1 rings (SSSR count). The second-order valence-electron chi connectivity index (χ2n) is 2.99. The van der Waals surface area contributed by atoms with Gasteiger partial charge in [0.1, 0.15) is 0 Å². The van der Waals surface area contributed by atoms with Crippen molar-refractivity contribution in [3.8, 4) is 0 Å². The van der Waals surface area contributed by atoms with Crippen LogP contribution in [-0.2, 0) is 14.8 Å². The first kappa shape index (κ1) is 10.7. The van der Waals surface area contributed by atoms with Gasteiger partial charge in [-0.3, -0.25) is 0 Å². The summed E-state index contributed by atoms with van der Waals surface area (Å²) in [4.78, 5) is 0. The fraction of sp³-hybridized carbons (Fsp3) is 0.750. The van der Waals surface area contributed by atoms with E-state index in [0.717, 1.165) is 0 Å². The van der Waals surface area contributed by atoms with Crippen LogP contribution in [0.5, 0.6) is 0 Å². The summed E-state index contributed by atoms with van der Waals surface area (Å²) in [5.41, 5.74) is 0. The number of rotatable bonds is 4. The van der Waals surface area contributed by atoms with Crippen molar-refractivity contribution in [3.05, 3.63) is 12.7 Å². The highest BCUT2D eigenvalue weighted by Crippen LogP contribution is 2.14. The lowest BCUT2D eigenvalue weighted by molar-refractivity contribution is 0.0982. The van der Waals surface area contributed by atoms with E-state index in [9.17, 15) is 8.42 Å². The van der Waals surface area contributed by atoms with E-state index in [1.807, 2.05) is 0 Å². The Kier molecular flexibility index (Phi) is 3.90. The first-order chi connectivity index (χ1) is 6.17. The molecule has 1 N–H and O–H groups in total. The van der Waals surface area contributed by atoms with Crippen molar-refractivity contribution in [2.45, 2.75) is 18.1 Å². The molecule has 0 bridgehead atoms. The lowest BCUT2D eigenvalue weighted by Crippen LogP contribution is -2.37. The Hall–Kier alpha value is -0.390. The van der Waals surface area contributed by atoms with Crippen molar-refractivity contribution in [1.82, 2.24) is 4.72 Å². The van der Waals surface area contributed by atoms with Gasteiger partial charge in [-0.15, -0.1) is 6.58 Å². The van der Waals surface area contributed by atoms with Crippen LogP contribution in [0.1, 0.15) is 12.8 Å². The van der Waals surface area contributed by atoms with Crippen molar-refractivity contribution in [3.63, 3.8) is 0 Å². The Bertz CT molecular complexity index is 255. The molecule has 0 aromatic carbocycles. The van der Waals surface area contributed by atoms with Crippen LogP contribution in [0.15, 0.2) is 12.7 Å². The monoisotopic (exact) mass is 205 g/mol. The van der Waals surface area contributed by atoms with E-state index < -0.39 is 10.0 Å². The molecule has 4 nitrogen and oxygen atoms in total. The number of hydrogen-bond donors (Lipinski definition) is 1. The molecule has 0 saturated carbocycles. The van der Waals surface area contributed by atoms with Crippen LogP contribution in [0.25, 0.3) is 0 Å². The molecule has 0 radical (unpaired) electrons. The number of sulfonamides is 1. The van der Waals surface area contributed by atoms with E-state index in [1.54, 1.807) is 0 Å². The minimum absolute atomic E-state index is 0.291. The predicted molar refractivity (Wildman–Crippen MR) is 51.0 cm³/mol. The molecule has 1 heterocycles. The molecule has 5 heteroatoms. The Labute approximate surface area is 79.0 Å². The van der Waals surface area contributed by atoms with Crippen molar-refractivity contribution in [2.24, 2.45) is 0 Å². The van der Waals surface area contributed by atoms with Crippen LogP contribution in [0.4, 0.5) is 0 Å². The molecule has 76 valence electrons. The van der Waals surface area contributed by atoms with E-state index in [2.05, 4.69) is 11.3 Å². The van der Waals surface area contributed by atoms with Gasteiger partial charge in [-0.2, -0.15) is 0 Å². The molecular weight excluding hydrogens is 190 g/mol. The molecule has 1 fully saturated rings. The summed E-state index contributed by atoms with van der Waals surface area (Å²) in [5.74, 6) is 0. The zero-order chi connectivity index (χ0) is 9.73. The van der Waals surface area contributed by atoms with E-state index in [1.165, 1.54) is 6.08 Å². The molecule has 0 aromatic heterocycles. The van der Waals surface area contributed by atoms with Gasteiger partial charge < -0.3 is 4.74 Å². The molecule has 0 spiro atoms. The average Bonchev–Trinajstić information content (AvgIpc) is 2.16. The summed E-state index contributed by atoms with van der Waals surface area (Å²) in [6.45, 7) is 4.85. The van der Waals surface area contributed by atoms with Crippen LogP contribution >= 0.6 is 0 Å². The third kappa shape index (κ3) is 3.10. The lowest BCUT2D eigenvalue weighted by atomic mass is 10.2. The Morgan fingerprint density at radius 2 is 2.08 bits per heavy atom. The summed E-state index contributed by atoms with van der Waals surface area (Å²) in [7, 11) is -3.15. The van der Waals surface area contributed by atoms with Crippen LogP contribution < -0.4 is 4.72 Å². The standard InChI is InChI=1S/C8H15NO3S/c1-2-5-9-13(10,11)8-3-6-12-7-4-8/h2,8-9H,1,3-7H2. The summed E-state index contributed by atoms with van der Waals surface area (Å²) in [6.07, 6.45) is 2.72.